The number of sulfone groups is 1. The van der Waals surface area contributed by atoms with Crippen LogP contribution in [0.25, 0.3) is 0 Å². The van der Waals surface area contributed by atoms with E-state index in [-0.39, 0.29) is 24.3 Å². The highest BCUT2D eigenvalue weighted by molar-refractivity contribution is 7.90. The van der Waals surface area contributed by atoms with Crippen LogP contribution in [0.15, 0.2) is 24.3 Å². The highest BCUT2D eigenvalue weighted by Gasteiger charge is 2.13. The molecular formula is C14H20O4S. The molecule has 0 bridgehead atoms. The van der Waals surface area contributed by atoms with E-state index >= 15 is 0 Å². The Morgan fingerprint density at radius 3 is 2.26 bits per heavy atom. The molecule has 0 saturated heterocycles. The van der Waals surface area contributed by atoms with Crippen molar-refractivity contribution < 1.29 is 18.3 Å². The van der Waals surface area contributed by atoms with E-state index in [1.54, 1.807) is 0 Å². The minimum absolute atomic E-state index is 0.0228. The van der Waals surface area contributed by atoms with Gasteiger partial charge < -0.3 is 5.11 Å². The van der Waals surface area contributed by atoms with Crippen LogP contribution in [-0.2, 0) is 20.4 Å². The van der Waals surface area contributed by atoms with Gasteiger partial charge in [0.25, 0.3) is 0 Å². The minimum atomic E-state index is -3.23. The van der Waals surface area contributed by atoms with Gasteiger partial charge in [-0.15, -0.1) is 0 Å². The summed E-state index contributed by atoms with van der Waals surface area (Å²) in [4.78, 5) is 10.3. The van der Waals surface area contributed by atoms with Crippen molar-refractivity contribution in [2.24, 2.45) is 0 Å². The van der Waals surface area contributed by atoms with Crippen molar-refractivity contribution in [3.63, 3.8) is 0 Å². The van der Waals surface area contributed by atoms with Crippen LogP contribution in [0.1, 0.15) is 43.7 Å². The lowest BCUT2D eigenvalue weighted by molar-refractivity contribution is -0.137. The fraction of sp³-hybridized carbons (Fsp3) is 0.500. The second-order valence-corrected chi connectivity index (χ2v) is 7.17. The summed E-state index contributed by atoms with van der Waals surface area (Å²) in [5.74, 6) is -0.645. The monoisotopic (exact) mass is 284 g/mol. The molecule has 0 heterocycles. The standard InChI is InChI=1S/C14H20O4S/c1-11(2)13-7-5-12(6-8-13)10-19(17,18)9-3-4-14(15)16/h5-8,11H,3-4,9-10H2,1-2H3,(H,15,16). The van der Waals surface area contributed by atoms with Crippen molar-refractivity contribution in [2.75, 3.05) is 5.75 Å². The molecule has 0 unspecified atom stereocenters. The van der Waals surface area contributed by atoms with E-state index in [4.69, 9.17) is 5.11 Å². The molecule has 0 aliphatic rings. The predicted octanol–water partition coefficient (Wildman–Crippen LogP) is 2.59. The molecule has 1 N–H and O–H groups in total. The average Bonchev–Trinajstić information content (AvgIpc) is 2.28. The zero-order valence-electron chi connectivity index (χ0n) is 11.3. The quantitative estimate of drug-likeness (QED) is 0.835. The van der Waals surface area contributed by atoms with Crippen LogP contribution in [0.2, 0.25) is 0 Å². The molecular weight excluding hydrogens is 264 g/mol. The predicted molar refractivity (Wildman–Crippen MR) is 74.9 cm³/mol. The summed E-state index contributed by atoms with van der Waals surface area (Å²) in [5.41, 5.74) is 1.92. The number of carbonyl (C=O) groups is 1. The smallest absolute Gasteiger partial charge is 0.303 e. The minimum Gasteiger partial charge on any atom is -0.481 e. The van der Waals surface area contributed by atoms with Crippen molar-refractivity contribution >= 4 is 15.8 Å². The van der Waals surface area contributed by atoms with Gasteiger partial charge in [-0.05, 0) is 23.5 Å². The second-order valence-electron chi connectivity index (χ2n) is 4.99. The largest absolute Gasteiger partial charge is 0.481 e. The van der Waals surface area contributed by atoms with Crippen LogP contribution in [0.3, 0.4) is 0 Å². The van der Waals surface area contributed by atoms with Crippen LogP contribution >= 0.6 is 0 Å². The maximum atomic E-state index is 11.8. The van der Waals surface area contributed by atoms with Crippen LogP contribution in [0, 0.1) is 0 Å². The highest BCUT2D eigenvalue weighted by Crippen LogP contribution is 2.16. The molecule has 4 nitrogen and oxygen atoms in total. The van der Waals surface area contributed by atoms with Gasteiger partial charge in [0.1, 0.15) is 0 Å². The first-order chi connectivity index (χ1) is 8.80. The fourth-order valence-corrected chi connectivity index (χ4v) is 3.20. The Labute approximate surface area is 114 Å². The van der Waals surface area contributed by atoms with Crippen molar-refractivity contribution in [3.8, 4) is 0 Å². The lowest BCUT2D eigenvalue weighted by Crippen LogP contribution is -2.11. The number of benzene rings is 1. The van der Waals surface area contributed by atoms with Gasteiger partial charge in [-0.2, -0.15) is 0 Å². The van der Waals surface area contributed by atoms with Crippen molar-refractivity contribution in [3.05, 3.63) is 35.4 Å². The molecule has 5 heteroatoms. The van der Waals surface area contributed by atoms with Crippen LogP contribution in [0.4, 0.5) is 0 Å². The van der Waals surface area contributed by atoms with E-state index in [1.807, 2.05) is 24.3 Å². The Balaban J connectivity index is 2.60. The highest BCUT2D eigenvalue weighted by atomic mass is 32.2. The SMILES string of the molecule is CC(C)c1ccc(CS(=O)(=O)CCCC(=O)O)cc1. The van der Waals surface area contributed by atoms with E-state index in [9.17, 15) is 13.2 Å². The van der Waals surface area contributed by atoms with Crippen molar-refractivity contribution in [1.29, 1.82) is 0 Å². The Hall–Kier alpha value is -1.36. The summed E-state index contributed by atoms with van der Waals surface area (Å²) >= 11 is 0. The van der Waals surface area contributed by atoms with Gasteiger partial charge in [-0.3, -0.25) is 4.79 Å². The Morgan fingerprint density at radius 1 is 1.21 bits per heavy atom. The number of hydrogen-bond acceptors (Lipinski definition) is 3. The van der Waals surface area contributed by atoms with Crippen LogP contribution in [-0.4, -0.2) is 25.2 Å². The van der Waals surface area contributed by atoms with Gasteiger partial charge in [0.15, 0.2) is 9.84 Å². The molecule has 0 atom stereocenters. The lowest BCUT2D eigenvalue weighted by Gasteiger charge is -2.07. The zero-order valence-corrected chi connectivity index (χ0v) is 12.1. The van der Waals surface area contributed by atoms with E-state index in [0.29, 0.717) is 5.92 Å². The first-order valence-electron chi connectivity index (χ1n) is 6.31. The summed E-state index contributed by atoms with van der Waals surface area (Å²) in [6.07, 6.45) is 0.0628. The van der Waals surface area contributed by atoms with Crippen LogP contribution in [0.5, 0.6) is 0 Å². The van der Waals surface area contributed by atoms with E-state index < -0.39 is 15.8 Å². The molecule has 0 fully saturated rings. The summed E-state index contributed by atoms with van der Waals surface area (Å²) in [6.45, 7) is 4.16. The maximum absolute atomic E-state index is 11.8. The zero-order chi connectivity index (χ0) is 14.5. The molecule has 0 amide bonds. The first-order valence-corrected chi connectivity index (χ1v) is 8.13. The Morgan fingerprint density at radius 2 is 1.79 bits per heavy atom. The molecule has 1 aromatic rings. The van der Waals surface area contributed by atoms with Gasteiger partial charge in [-0.25, -0.2) is 8.42 Å². The van der Waals surface area contributed by atoms with Crippen molar-refractivity contribution in [2.45, 2.75) is 38.4 Å². The van der Waals surface area contributed by atoms with Gasteiger partial charge >= 0.3 is 5.97 Å². The van der Waals surface area contributed by atoms with Gasteiger partial charge in [0, 0.05) is 6.42 Å². The third-order valence-corrected chi connectivity index (χ3v) is 4.56. The van der Waals surface area contributed by atoms with Gasteiger partial charge in [-0.1, -0.05) is 38.1 Å². The van der Waals surface area contributed by atoms with Gasteiger partial charge in [0.05, 0.1) is 11.5 Å². The number of aliphatic carboxylic acids is 1. The fourth-order valence-electron chi connectivity index (χ4n) is 1.77. The van der Waals surface area contributed by atoms with Crippen LogP contribution < -0.4 is 0 Å². The summed E-state index contributed by atoms with van der Waals surface area (Å²) < 4.78 is 23.6. The number of rotatable bonds is 7. The number of hydrogen-bond donors (Lipinski definition) is 1. The lowest BCUT2D eigenvalue weighted by atomic mass is 10.0. The summed E-state index contributed by atoms with van der Waals surface area (Å²) in [6, 6.07) is 7.52. The van der Waals surface area contributed by atoms with E-state index in [0.717, 1.165) is 5.56 Å². The summed E-state index contributed by atoms with van der Waals surface area (Å²) in [7, 11) is -3.23. The normalized spacial score (nSPS) is 11.7. The third kappa shape index (κ3) is 5.87. The first kappa shape index (κ1) is 15.7. The van der Waals surface area contributed by atoms with E-state index in [1.165, 1.54) is 5.56 Å². The molecule has 1 aromatic carbocycles. The van der Waals surface area contributed by atoms with Crippen molar-refractivity contribution in [1.82, 2.24) is 0 Å². The molecule has 106 valence electrons. The Bertz CT molecular complexity index is 515. The number of carboxylic acids is 1. The molecule has 0 radical (unpaired) electrons. The number of carboxylic acid groups (broad SMARTS) is 1. The molecule has 1 rings (SSSR count). The average molecular weight is 284 g/mol. The molecule has 0 aliphatic heterocycles. The summed E-state index contributed by atoms with van der Waals surface area (Å²) in [5, 5.41) is 8.49. The second kappa shape index (κ2) is 6.70. The third-order valence-electron chi connectivity index (χ3n) is 2.88. The molecule has 0 aromatic heterocycles. The maximum Gasteiger partial charge on any atom is 0.303 e. The van der Waals surface area contributed by atoms with E-state index in [2.05, 4.69) is 13.8 Å². The Kier molecular flexibility index (Phi) is 5.54. The topological polar surface area (TPSA) is 71.4 Å². The molecule has 0 aliphatic carbocycles. The molecule has 19 heavy (non-hydrogen) atoms. The van der Waals surface area contributed by atoms with Gasteiger partial charge in [0.2, 0.25) is 0 Å². The molecule has 0 spiro atoms. The molecule has 0 saturated carbocycles.